The minimum Gasteiger partial charge on any atom is -0.357 e. The number of rotatable bonds is 2. The zero-order valence-corrected chi connectivity index (χ0v) is 4.89. The van der Waals surface area contributed by atoms with Gasteiger partial charge in [0.05, 0.1) is 0 Å². The highest BCUT2D eigenvalue weighted by molar-refractivity contribution is 7.09. The first-order valence-corrected chi connectivity index (χ1v) is 2.12. The van der Waals surface area contributed by atoms with Crippen LogP contribution in [0.2, 0.25) is 0 Å². The van der Waals surface area contributed by atoms with E-state index in [2.05, 4.69) is 4.52 Å². The predicted octanol–water partition coefficient (Wildman–Crippen LogP) is 0.558. The Morgan fingerprint density at radius 2 is 2.50 bits per heavy atom. The van der Waals surface area contributed by atoms with Crippen LogP contribution in [-0.4, -0.2) is 11.8 Å². The molecule has 0 aromatic heterocycles. The fourth-order valence-corrected chi connectivity index (χ4v) is 0.386. The highest BCUT2D eigenvalue weighted by atomic mass is 35.5. The number of hydrogen-bond acceptors (Lipinski definition) is 2. The van der Waals surface area contributed by atoms with Gasteiger partial charge in [0.15, 0.2) is 0 Å². The highest BCUT2D eigenvalue weighted by Crippen LogP contribution is 1.86. The highest BCUT2D eigenvalue weighted by Gasteiger charge is 1.87. The molecule has 0 heterocycles. The molecule has 0 fully saturated rings. The fourth-order valence-electron chi connectivity index (χ4n) is 0.0655. The lowest BCUT2D eigenvalue weighted by Gasteiger charge is -1.82. The largest absolute Gasteiger partial charge is 0.357 e. The van der Waals surface area contributed by atoms with Crippen molar-refractivity contribution >= 4 is 26.3 Å². The van der Waals surface area contributed by atoms with Crippen LogP contribution in [0.5, 0.6) is 0 Å². The maximum absolute atomic E-state index is 9.67. The molecule has 0 radical (unpaired) electrons. The van der Waals surface area contributed by atoms with Gasteiger partial charge in [-0.2, -0.15) is 0 Å². The van der Waals surface area contributed by atoms with Crippen LogP contribution in [0.4, 0.5) is 0 Å². The molecule has 4 heteroatoms. The number of halogens is 1. The summed E-state index contributed by atoms with van der Waals surface area (Å²) in [4.78, 5) is 9.67. The van der Waals surface area contributed by atoms with E-state index in [1.807, 2.05) is 9.47 Å². The molecule has 0 aliphatic heterocycles. The van der Waals surface area contributed by atoms with Crippen molar-refractivity contribution in [1.29, 1.82) is 0 Å². The summed E-state index contributed by atoms with van der Waals surface area (Å²) in [5.41, 5.74) is 0. The van der Waals surface area contributed by atoms with Gasteiger partial charge in [-0.1, -0.05) is 0 Å². The molecule has 0 aliphatic carbocycles. The van der Waals surface area contributed by atoms with E-state index in [1.165, 1.54) is 0 Å². The predicted molar refractivity (Wildman–Crippen MR) is 26.5 cm³/mol. The van der Waals surface area contributed by atoms with E-state index in [4.69, 9.17) is 11.6 Å². The van der Waals surface area contributed by atoms with Crippen LogP contribution in [0.3, 0.4) is 0 Å². The summed E-state index contributed by atoms with van der Waals surface area (Å²) in [6.07, 6.45) is 0. The van der Waals surface area contributed by atoms with Gasteiger partial charge in [0.2, 0.25) is 5.24 Å². The summed E-state index contributed by atoms with van der Waals surface area (Å²) in [7, 11) is 1.92. The Hall–Kier alpha value is 0.350. The van der Waals surface area contributed by atoms with E-state index in [9.17, 15) is 4.79 Å². The van der Waals surface area contributed by atoms with Crippen LogP contribution < -0.4 is 0 Å². The van der Waals surface area contributed by atoms with E-state index in [1.54, 1.807) is 0 Å². The molecule has 0 amide bonds. The monoisotopic (exact) mass is 126 g/mol. The van der Waals surface area contributed by atoms with E-state index in [-0.39, 0.29) is 6.61 Å². The first-order valence-electron chi connectivity index (χ1n) is 1.27. The minimum atomic E-state index is -0.481. The average molecular weight is 126 g/mol. The summed E-state index contributed by atoms with van der Waals surface area (Å²) in [5, 5.41) is -0.481. The second kappa shape index (κ2) is 3.54. The van der Waals surface area contributed by atoms with Crippen molar-refractivity contribution in [3.8, 4) is 0 Å². The lowest BCUT2D eigenvalue weighted by atomic mass is 10.8. The molecule has 0 bridgehead atoms. The van der Waals surface area contributed by atoms with Crippen molar-refractivity contribution in [2.75, 3.05) is 6.61 Å². The third kappa shape index (κ3) is 4.35. The lowest BCUT2D eigenvalue weighted by molar-refractivity contribution is -0.113. The molecule has 1 atom stereocenters. The molecule has 0 rings (SSSR count). The van der Waals surface area contributed by atoms with Crippen molar-refractivity contribution in [3.05, 3.63) is 0 Å². The van der Waals surface area contributed by atoms with Gasteiger partial charge in [-0.25, -0.2) is 0 Å². The van der Waals surface area contributed by atoms with E-state index in [0.717, 1.165) is 0 Å². The standard InChI is InChI=1S/C2H4ClO2P/c3-2(4)1-5-6/h1,6H2. The van der Waals surface area contributed by atoms with Crippen LogP contribution in [0.15, 0.2) is 0 Å². The Bertz CT molecular complexity index is 55.5. The topological polar surface area (TPSA) is 26.3 Å². The maximum atomic E-state index is 9.67. The van der Waals surface area contributed by atoms with Gasteiger partial charge in [0.25, 0.3) is 0 Å². The SMILES string of the molecule is O=C(Cl)COP. The molecular formula is C2H4ClO2P. The Morgan fingerprint density at radius 1 is 2.00 bits per heavy atom. The molecular weight excluding hydrogens is 122 g/mol. The zero-order chi connectivity index (χ0) is 4.99. The zero-order valence-electron chi connectivity index (χ0n) is 2.98. The molecule has 0 spiro atoms. The first-order chi connectivity index (χ1) is 2.77. The summed E-state index contributed by atoms with van der Waals surface area (Å²) in [6, 6.07) is 0. The van der Waals surface area contributed by atoms with E-state index < -0.39 is 5.24 Å². The fraction of sp³-hybridized carbons (Fsp3) is 0.500. The summed E-state index contributed by atoms with van der Waals surface area (Å²) in [6.45, 7) is -0.0355. The molecule has 0 aromatic rings. The lowest BCUT2D eigenvalue weighted by Crippen LogP contribution is -1.91. The van der Waals surface area contributed by atoms with E-state index >= 15 is 0 Å². The quantitative estimate of drug-likeness (QED) is 0.399. The van der Waals surface area contributed by atoms with Crippen LogP contribution >= 0.6 is 21.1 Å². The average Bonchev–Trinajstić information content (AvgIpc) is 1.35. The van der Waals surface area contributed by atoms with Crippen LogP contribution in [0.1, 0.15) is 0 Å². The molecule has 1 unspecified atom stereocenters. The molecule has 0 saturated carbocycles. The Labute approximate surface area is 43.1 Å². The normalized spacial score (nSPS) is 8.33. The van der Waals surface area contributed by atoms with Crippen molar-refractivity contribution in [2.24, 2.45) is 0 Å². The van der Waals surface area contributed by atoms with E-state index in [0.29, 0.717) is 0 Å². The van der Waals surface area contributed by atoms with Gasteiger partial charge in [0.1, 0.15) is 6.61 Å². The van der Waals surface area contributed by atoms with Gasteiger partial charge >= 0.3 is 0 Å². The summed E-state index contributed by atoms with van der Waals surface area (Å²) in [5.74, 6) is 0. The van der Waals surface area contributed by atoms with Crippen molar-refractivity contribution in [3.63, 3.8) is 0 Å². The number of carbonyl (C=O) groups is 1. The molecule has 2 nitrogen and oxygen atoms in total. The Balaban J connectivity index is 2.83. The van der Waals surface area contributed by atoms with Crippen LogP contribution in [0, 0.1) is 0 Å². The second-order valence-electron chi connectivity index (χ2n) is 0.666. The molecule has 0 saturated heterocycles. The van der Waals surface area contributed by atoms with Crippen LogP contribution in [0.25, 0.3) is 0 Å². The van der Waals surface area contributed by atoms with Gasteiger partial charge in [-0.3, -0.25) is 4.79 Å². The van der Waals surface area contributed by atoms with Gasteiger partial charge in [-0.15, -0.1) is 0 Å². The minimum absolute atomic E-state index is 0.0355. The Morgan fingerprint density at radius 3 is 2.50 bits per heavy atom. The van der Waals surface area contributed by atoms with Crippen molar-refractivity contribution in [2.45, 2.75) is 0 Å². The maximum Gasteiger partial charge on any atom is 0.247 e. The number of carbonyl (C=O) groups excluding carboxylic acids is 1. The third-order valence-corrected chi connectivity index (χ3v) is 0.473. The smallest absolute Gasteiger partial charge is 0.247 e. The third-order valence-electron chi connectivity index (χ3n) is 0.197. The van der Waals surface area contributed by atoms with Crippen molar-refractivity contribution in [1.82, 2.24) is 0 Å². The molecule has 0 N–H and O–H groups in total. The van der Waals surface area contributed by atoms with Crippen molar-refractivity contribution < 1.29 is 9.32 Å². The molecule has 6 heavy (non-hydrogen) atoms. The molecule has 36 valence electrons. The second-order valence-corrected chi connectivity index (χ2v) is 1.42. The Kier molecular flexibility index (Phi) is 3.74. The number of hydrogen-bond donors (Lipinski definition) is 0. The van der Waals surface area contributed by atoms with Gasteiger partial charge < -0.3 is 4.52 Å². The summed E-state index contributed by atoms with van der Waals surface area (Å²) >= 11 is 4.80. The summed E-state index contributed by atoms with van der Waals surface area (Å²) < 4.78 is 4.24. The van der Waals surface area contributed by atoms with Gasteiger partial charge in [0, 0.05) is 9.47 Å². The van der Waals surface area contributed by atoms with Gasteiger partial charge in [-0.05, 0) is 11.6 Å². The molecule has 0 aliphatic rings. The molecule has 0 aromatic carbocycles. The first kappa shape index (κ1) is 6.35. The van der Waals surface area contributed by atoms with Crippen LogP contribution in [-0.2, 0) is 9.32 Å².